The highest BCUT2D eigenvalue weighted by Crippen LogP contribution is 2.11. The van der Waals surface area contributed by atoms with Crippen LogP contribution >= 0.6 is 0 Å². The quantitative estimate of drug-likeness (QED) is 0.736. The van der Waals surface area contributed by atoms with Gasteiger partial charge in [0.2, 0.25) is 0 Å². The molecule has 128 valence electrons. The number of nitrogens with one attached hydrogen (secondary N) is 2. The number of carbonyl (C=O) groups excluding carboxylic acids is 1. The number of fused-ring (bicyclic) bond motifs is 1. The van der Waals surface area contributed by atoms with Crippen molar-refractivity contribution in [3.8, 4) is 0 Å². The van der Waals surface area contributed by atoms with Gasteiger partial charge in [0.05, 0.1) is 6.20 Å². The Kier molecular flexibility index (Phi) is 4.07. The van der Waals surface area contributed by atoms with Gasteiger partial charge < -0.3 is 15.2 Å². The first kappa shape index (κ1) is 15.6. The van der Waals surface area contributed by atoms with Crippen molar-refractivity contribution >= 4 is 11.4 Å². The van der Waals surface area contributed by atoms with Crippen molar-refractivity contribution in [3.05, 3.63) is 70.7 Å². The summed E-state index contributed by atoms with van der Waals surface area (Å²) in [5.41, 5.74) is 1.79. The third kappa shape index (κ3) is 3.06. The van der Waals surface area contributed by atoms with Crippen LogP contribution in [-0.2, 0) is 6.42 Å². The number of hydrogen-bond acceptors (Lipinski definition) is 4. The van der Waals surface area contributed by atoms with E-state index in [1.54, 1.807) is 4.40 Å². The molecule has 1 unspecified atom stereocenters. The third-order valence-corrected chi connectivity index (χ3v) is 4.56. The number of H-pyrrole nitrogens is 1. The third-order valence-electron chi connectivity index (χ3n) is 4.56. The van der Waals surface area contributed by atoms with E-state index in [2.05, 4.69) is 27.4 Å². The Morgan fingerprint density at radius 3 is 2.96 bits per heavy atom. The van der Waals surface area contributed by atoms with E-state index in [4.69, 9.17) is 0 Å². The number of carbonyl (C=O) groups is 1. The summed E-state index contributed by atoms with van der Waals surface area (Å²) in [5, 5.41) is 3.47. The molecular formula is C18H19N5O2. The summed E-state index contributed by atoms with van der Waals surface area (Å²) in [6.07, 6.45) is 5.30. The molecule has 0 aliphatic carbocycles. The SMILES string of the molecule is O=C(c1c[nH]c(=O)c2cncn12)N1CCNC(Cc2ccccc2)C1. The Bertz CT molecular complexity index is 947. The highest BCUT2D eigenvalue weighted by Gasteiger charge is 2.26. The minimum atomic E-state index is -0.253. The van der Waals surface area contributed by atoms with Crippen molar-refractivity contribution in [1.29, 1.82) is 0 Å². The molecule has 4 rings (SSSR count). The Labute approximate surface area is 144 Å². The van der Waals surface area contributed by atoms with Gasteiger partial charge in [-0.3, -0.25) is 14.0 Å². The van der Waals surface area contributed by atoms with E-state index in [-0.39, 0.29) is 17.5 Å². The first-order chi connectivity index (χ1) is 12.2. The average Bonchev–Trinajstić information content (AvgIpc) is 3.13. The topological polar surface area (TPSA) is 82.5 Å². The maximum absolute atomic E-state index is 12.9. The van der Waals surface area contributed by atoms with Crippen LogP contribution in [0.3, 0.4) is 0 Å². The molecular weight excluding hydrogens is 318 g/mol. The number of benzene rings is 1. The van der Waals surface area contributed by atoms with E-state index in [0.717, 1.165) is 13.0 Å². The Morgan fingerprint density at radius 2 is 2.12 bits per heavy atom. The fraction of sp³-hybridized carbons (Fsp3) is 0.278. The van der Waals surface area contributed by atoms with E-state index < -0.39 is 0 Å². The zero-order valence-electron chi connectivity index (χ0n) is 13.7. The fourth-order valence-electron chi connectivity index (χ4n) is 3.30. The molecule has 0 saturated carbocycles. The maximum atomic E-state index is 12.9. The van der Waals surface area contributed by atoms with Gasteiger partial charge >= 0.3 is 0 Å². The lowest BCUT2D eigenvalue weighted by atomic mass is 10.0. The lowest BCUT2D eigenvalue weighted by Gasteiger charge is -2.34. The van der Waals surface area contributed by atoms with E-state index in [0.29, 0.717) is 24.3 Å². The molecule has 7 heteroatoms. The normalized spacial score (nSPS) is 17.8. The van der Waals surface area contributed by atoms with Crippen molar-refractivity contribution in [1.82, 2.24) is 24.6 Å². The summed E-state index contributed by atoms with van der Waals surface area (Å²) in [6.45, 7) is 2.02. The number of imidazole rings is 1. The van der Waals surface area contributed by atoms with Crippen LogP contribution in [0.4, 0.5) is 0 Å². The van der Waals surface area contributed by atoms with Gasteiger partial charge in [-0.25, -0.2) is 4.98 Å². The predicted octanol–water partition coefficient (Wildman–Crippen LogP) is 0.679. The summed E-state index contributed by atoms with van der Waals surface area (Å²) in [4.78, 5) is 33.2. The molecule has 3 aromatic rings. The summed E-state index contributed by atoms with van der Waals surface area (Å²) >= 11 is 0. The van der Waals surface area contributed by atoms with Gasteiger partial charge in [-0.2, -0.15) is 0 Å². The van der Waals surface area contributed by atoms with E-state index in [1.807, 2.05) is 23.1 Å². The van der Waals surface area contributed by atoms with Gasteiger partial charge in [0.1, 0.15) is 17.5 Å². The van der Waals surface area contributed by atoms with Gasteiger partial charge in [0.25, 0.3) is 11.5 Å². The number of aromatic nitrogens is 3. The molecule has 7 nitrogen and oxygen atoms in total. The highest BCUT2D eigenvalue weighted by atomic mass is 16.2. The largest absolute Gasteiger partial charge is 0.334 e. The molecule has 1 aromatic carbocycles. The molecule has 1 fully saturated rings. The molecule has 1 atom stereocenters. The van der Waals surface area contributed by atoms with E-state index >= 15 is 0 Å². The van der Waals surface area contributed by atoms with Crippen molar-refractivity contribution in [2.45, 2.75) is 12.5 Å². The minimum absolute atomic E-state index is 0.0983. The molecule has 1 amide bonds. The molecule has 2 aromatic heterocycles. The smallest absolute Gasteiger partial charge is 0.273 e. The molecule has 1 saturated heterocycles. The van der Waals surface area contributed by atoms with Gasteiger partial charge in [0.15, 0.2) is 0 Å². The maximum Gasteiger partial charge on any atom is 0.273 e. The van der Waals surface area contributed by atoms with Crippen molar-refractivity contribution < 1.29 is 4.79 Å². The van der Waals surface area contributed by atoms with E-state index in [1.165, 1.54) is 24.3 Å². The number of amides is 1. The van der Waals surface area contributed by atoms with Crippen LogP contribution in [0.2, 0.25) is 0 Å². The predicted molar refractivity (Wildman–Crippen MR) is 93.7 cm³/mol. The van der Waals surface area contributed by atoms with Crippen LogP contribution in [0.25, 0.3) is 5.52 Å². The minimum Gasteiger partial charge on any atom is -0.334 e. The second-order valence-electron chi connectivity index (χ2n) is 6.24. The average molecular weight is 337 g/mol. The zero-order valence-corrected chi connectivity index (χ0v) is 13.7. The molecule has 0 spiro atoms. The van der Waals surface area contributed by atoms with Crippen LogP contribution in [0.15, 0.2) is 53.8 Å². The lowest BCUT2D eigenvalue weighted by Crippen LogP contribution is -2.53. The molecule has 0 radical (unpaired) electrons. The Balaban J connectivity index is 1.54. The van der Waals surface area contributed by atoms with Crippen LogP contribution in [0.1, 0.15) is 16.1 Å². The van der Waals surface area contributed by atoms with Gasteiger partial charge in [-0.05, 0) is 12.0 Å². The molecule has 1 aliphatic rings. The summed E-state index contributed by atoms with van der Waals surface area (Å²) in [7, 11) is 0. The second-order valence-corrected chi connectivity index (χ2v) is 6.24. The second kappa shape index (κ2) is 6.52. The van der Waals surface area contributed by atoms with Gasteiger partial charge in [-0.15, -0.1) is 0 Å². The van der Waals surface area contributed by atoms with Crippen LogP contribution < -0.4 is 10.9 Å². The van der Waals surface area contributed by atoms with Crippen LogP contribution in [0.5, 0.6) is 0 Å². The summed E-state index contributed by atoms with van der Waals surface area (Å²) in [6, 6.07) is 10.5. The number of hydrogen-bond donors (Lipinski definition) is 2. The number of piperazine rings is 1. The lowest BCUT2D eigenvalue weighted by molar-refractivity contribution is 0.0695. The monoisotopic (exact) mass is 337 g/mol. The Morgan fingerprint density at radius 1 is 1.28 bits per heavy atom. The summed E-state index contributed by atoms with van der Waals surface area (Å²) < 4.78 is 1.55. The molecule has 25 heavy (non-hydrogen) atoms. The highest BCUT2D eigenvalue weighted by molar-refractivity contribution is 5.93. The van der Waals surface area contributed by atoms with Crippen molar-refractivity contribution in [2.24, 2.45) is 0 Å². The zero-order chi connectivity index (χ0) is 17.2. The van der Waals surface area contributed by atoms with Crippen LogP contribution in [0, 0.1) is 0 Å². The summed E-state index contributed by atoms with van der Waals surface area (Å²) in [5.74, 6) is -0.0983. The standard InChI is InChI=1S/C18H19N5O2/c24-17-15-9-19-12-23(15)16(10-21-17)18(25)22-7-6-20-14(11-22)8-13-4-2-1-3-5-13/h1-5,9-10,12,14,20H,6-8,11H2,(H,21,24). The Hall–Kier alpha value is -2.93. The molecule has 2 N–H and O–H groups in total. The number of aromatic amines is 1. The van der Waals surface area contributed by atoms with Crippen molar-refractivity contribution in [2.75, 3.05) is 19.6 Å². The van der Waals surface area contributed by atoms with E-state index in [9.17, 15) is 9.59 Å². The molecule has 0 bridgehead atoms. The number of rotatable bonds is 3. The fourth-order valence-corrected chi connectivity index (χ4v) is 3.30. The van der Waals surface area contributed by atoms with Crippen LogP contribution in [-0.4, -0.2) is 50.9 Å². The van der Waals surface area contributed by atoms with Crippen molar-refractivity contribution in [3.63, 3.8) is 0 Å². The van der Waals surface area contributed by atoms with Gasteiger partial charge in [0, 0.05) is 31.9 Å². The first-order valence-electron chi connectivity index (χ1n) is 8.33. The molecule has 3 heterocycles. The van der Waals surface area contributed by atoms with Gasteiger partial charge in [-0.1, -0.05) is 30.3 Å². The molecule has 1 aliphatic heterocycles. The number of nitrogens with zero attached hydrogens (tertiary/aromatic N) is 3. The first-order valence-corrected chi connectivity index (χ1v) is 8.33.